The lowest BCUT2D eigenvalue weighted by Crippen LogP contribution is -2.67. The zero-order valence-electron chi connectivity index (χ0n) is 25.5. The number of fused-ring (bicyclic) bond motifs is 4. The molecule has 5 atom stereocenters. The minimum Gasteiger partial charge on any atom is -0.497 e. The fraction of sp³-hybridized carbons (Fsp3) is 0.361. The number of halogens is 2. The summed E-state index contributed by atoms with van der Waals surface area (Å²) in [6.45, 7) is 7.66. The molecule has 0 spiro atoms. The van der Waals surface area contributed by atoms with E-state index in [-0.39, 0.29) is 6.04 Å². The Morgan fingerprint density at radius 3 is 2.25 bits per heavy atom. The van der Waals surface area contributed by atoms with Crippen molar-refractivity contribution in [2.24, 2.45) is 11.8 Å². The summed E-state index contributed by atoms with van der Waals surface area (Å²) in [5, 5.41) is 13.4. The van der Waals surface area contributed by atoms with Crippen LogP contribution in [-0.2, 0) is 13.1 Å². The predicted molar refractivity (Wildman–Crippen MR) is 180 cm³/mol. The molecule has 1 aromatic heterocycles. The van der Waals surface area contributed by atoms with E-state index in [1.54, 1.807) is 21.3 Å². The highest BCUT2D eigenvalue weighted by Crippen LogP contribution is 2.48. The summed E-state index contributed by atoms with van der Waals surface area (Å²) in [5.74, 6) is 3.40. The molecule has 44 heavy (non-hydrogen) atoms. The van der Waals surface area contributed by atoms with Crippen LogP contribution in [0.15, 0.2) is 88.5 Å². The standard InChI is InChI=1S/C36H40Br2N2O4/c1-5-23-21-40(22-26-17-28(43-3)7-10-33(26)38)15-13-24(23)18-35(40)36(41)30-12-14-39(34-11-8-29(44-4)19-31(30)34)20-25-16-27(42-2)6-9-32(25)37/h5-12,14,16-17,19,23-24,35-36,41H,1,13,15,18,20-22H2,2-4H3/q+2/t23-,24+,35-,36+,40+/m1/s1. The van der Waals surface area contributed by atoms with Crippen molar-refractivity contribution in [1.29, 1.82) is 0 Å². The monoisotopic (exact) mass is 722 g/mol. The highest BCUT2D eigenvalue weighted by Gasteiger charge is 2.54. The maximum Gasteiger partial charge on any atom is 0.213 e. The van der Waals surface area contributed by atoms with Crippen LogP contribution in [0.2, 0.25) is 0 Å². The summed E-state index contributed by atoms with van der Waals surface area (Å²) in [7, 11) is 5.08. The van der Waals surface area contributed by atoms with Crippen molar-refractivity contribution >= 4 is 42.8 Å². The first-order valence-corrected chi connectivity index (χ1v) is 16.7. The van der Waals surface area contributed by atoms with Crippen molar-refractivity contribution in [2.45, 2.75) is 38.1 Å². The molecule has 2 bridgehead atoms. The molecule has 3 aliphatic heterocycles. The summed E-state index contributed by atoms with van der Waals surface area (Å²) >= 11 is 7.53. The van der Waals surface area contributed by atoms with Gasteiger partial charge in [-0.05, 0) is 54.4 Å². The third kappa shape index (κ3) is 5.78. The van der Waals surface area contributed by atoms with Gasteiger partial charge in [-0.15, -0.1) is 6.58 Å². The summed E-state index contributed by atoms with van der Waals surface area (Å²) in [4.78, 5) is 0. The second-order valence-corrected chi connectivity index (χ2v) is 13.9. The molecule has 3 aliphatic rings. The Hall–Kier alpha value is -2.91. The van der Waals surface area contributed by atoms with Crippen molar-refractivity contribution in [3.8, 4) is 17.2 Å². The van der Waals surface area contributed by atoms with Crippen LogP contribution in [0.25, 0.3) is 10.9 Å². The number of quaternary nitrogens is 1. The van der Waals surface area contributed by atoms with Crippen LogP contribution in [0, 0.1) is 11.8 Å². The lowest BCUT2D eigenvalue weighted by atomic mass is 9.71. The lowest BCUT2D eigenvalue weighted by Gasteiger charge is -2.58. The molecule has 7 rings (SSSR count). The quantitative estimate of drug-likeness (QED) is 0.106. The highest BCUT2D eigenvalue weighted by molar-refractivity contribution is 9.10. The van der Waals surface area contributed by atoms with Gasteiger partial charge in [0.1, 0.15) is 35.9 Å². The smallest absolute Gasteiger partial charge is 0.213 e. The molecular formula is C36H40Br2N2O4+2. The van der Waals surface area contributed by atoms with Gasteiger partial charge in [-0.2, -0.15) is 4.57 Å². The number of pyridine rings is 1. The summed E-state index contributed by atoms with van der Waals surface area (Å²) in [5.41, 5.74) is 4.29. The van der Waals surface area contributed by atoms with Crippen LogP contribution in [0.5, 0.6) is 17.2 Å². The predicted octanol–water partition coefficient (Wildman–Crippen LogP) is 7.37. The van der Waals surface area contributed by atoms with Gasteiger partial charge in [-0.3, -0.25) is 0 Å². The van der Waals surface area contributed by atoms with E-state index in [1.165, 1.54) is 5.56 Å². The second-order valence-electron chi connectivity index (χ2n) is 12.2. The van der Waals surface area contributed by atoms with Gasteiger partial charge in [0.25, 0.3) is 0 Å². The second kappa shape index (κ2) is 12.8. The topological polar surface area (TPSA) is 51.8 Å². The van der Waals surface area contributed by atoms with Crippen molar-refractivity contribution in [2.75, 3.05) is 34.4 Å². The molecular weight excluding hydrogens is 684 g/mol. The van der Waals surface area contributed by atoms with E-state index < -0.39 is 6.10 Å². The Labute approximate surface area is 276 Å². The first-order valence-electron chi connectivity index (χ1n) is 15.1. The van der Waals surface area contributed by atoms with E-state index in [9.17, 15) is 5.11 Å². The third-order valence-electron chi connectivity index (χ3n) is 9.95. The van der Waals surface area contributed by atoms with Gasteiger partial charge in [-0.1, -0.05) is 37.9 Å². The first-order chi connectivity index (χ1) is 21.3. The van der Waals surface area contributed by atoms with Gasteiger partial charge >= 0.3 is 0 Å². The Balaban J connectivity index is 1.42. The third-order valence-corrected chi connectivity index (χ3v) is 11.5. The van der Waals surface area contributed by atoms with E-state index in [2.05, 4.69) is 91.7 Å². The van der Waals surface area contributed by atoms with Gasteiger partial charge in [0.05, 0.1) is 39.8 Å². The Bertz CT molecular complexity index is 1690. The number of methoxy groups -OCH3 is 3. The van der Waals surface area contributed by atoms with Gasteiger partial charge < -0.3 is 23.8 Å². The van der Waals surface area contributed by atoms with Gasteiger partial charge in [-0.25, -0.2) is 0 Å². The van der Waals surface area contributed by atoms with Crippen LogP contribution in [-0.4, -0.2) is 50.1 Å². The Morgan fingerprint density at radius 1 is 0.932 bits per heavy atom. The molecule has 230 valence electrons. The zero-order chi connectivity index (χ0) is 31.0. The molecule has 3 fully saturated rings. The summed E-state index contributed by atoms with van der Waals surface area (Å²) in [6, 6.07) is 20.5. The highest BCUT2D eigenvalue weighted by atomic mass is 79.9. The number of piperidine rings is 3. The number of benzene rings is 3. The molecule has 0 amide bonds. The molecule has 3 saturated heterocycles. The Morgan fingerprint density at radius 2 is 1.57 bits per heavy atom. The van der Waals surface area contributed by atoms with Gasteiger partial charge in [0, 0.05) is 56.5 Å². The fourth-order valence-corrected chi connectivity index (χ4v) is 8.31. The zero-order valence-corrected chi connectivity index (χ0v) is 28.7. The maximum atomic E-state index is 12.4. The summed E-state index contributed by atoms with van der Waals surface area (Å²) < 4.78 is 21.9. The van der Waals surface area contributed by atoms with Gasteiger partial charge in [0.2, 0.25) is 5.52 Å². The van der Waals surface area contributed by atoms with Crippen molar-refractivity contribution in [3.63, 3.8) is 0 Å². The summed E-state index contributed by atoms with van der Waals surface area (Å²) in [6.07, 6.45) is 5.69. The number of hydrogen-bond donors (Lipinski definition) is 1. The van der Waals surface area contributed by atoms with Crippen LogP contribution in [0.1, 0.15) is 35.6 Å². The van der Waals surface area contributed by atoms with E-state index in [0.29, 0.717) is 18.4 Å². The number of hydrogen-bond acceptors (Lipinski definition) is 4. The SMILES string of the molecule is C=C[C@@H]1C[N@+]2(Cc3cc(OC)ccc3Br)CC[C@H]1C[C@@H]2[C@@H](O)c1cc[n+](Cc2cc(OC)ccc2Br)c2ccc(OC)cc12. The number of aliphatic hydroxyl groups excluding tert-OH is 1. The molecule has 0 unspecified atom stereocenters. The molecule has 4 aromatic rings. The molecule has 0 radical (unpaired) electrons. The number of aliphatic hydroxyl groups is 1. The maximum absolute atomic E-state index is 12.4. The van der Waals surface area contributed by atoms with Crippen LogP contribution >= 0.6 is 31.9 Å². The molecule has 4 heterocycles. The molecule has 3 aromatic carbocycles. The largest absolute Gasteiger partial charge is 0.497 e. The van der Waals surface area contributed by atoms with Crippen LogP contribution in [0.3, 0.4) is 0 Å². The minimum atomic E-state index is -0.652. The molecule has 0 saturated carbocycles. The van der Waals surface area contributed by atoms with E-state index >= 15 is 0 Å². The van der Waals surface area contributed by atoms with E-state index in [1.807, 2.05) is 24.3 Å². The number of nitrogens with zero attached hydrogens (tertiary/aromatic N) is 2. The number of aromatic nitrogens is 1. The lowest BCUT2D eigenvalue weighted by molar-refractivity contribution is -0.985. The molecule has 6 nitrogen and oxygen atoms in total. The fourth-order valence-electron chi connectivity index (χ4n) is 7.57. The first kappa shape index (κ1) is 31.1. The Kier molecular flexibility index (Phi) is 9.07. The van der Waals surface area contributed by atoms with E-state index in [0.717, 1.165) is 85.2 Å². The number of rotatable bonds is 10. The van der Waals surface area contributed by atoms with E-state index in [4.69, 9.17) is 14.2 Å². The van der Waals surface area contributed by atoms with Crippen molar-refractivity contribution in [3.05, 3.63) is 105 Å². The van der Waals surface area contributed by atoms with Crippen molar-refractivity contribution in [1.82, 2.24) is 0 Å². The average molecular weight is 725 g/mol. The molecule has 0 aliphatic carbocycles. The van der Waals surface area contributed by atoms with Gasteiger partial charge in [0.15, 0.2) is 12.7 Å². The average Bonchev–Trinajstić information content (AvgIpc) is 3.06. The van der Waals surface area contributed by atoms with Crippen molar-refractivity contribution < 1.29 is 28.4 Å². The van der Waals surface area contributed by atoms with Crippen LogP contribution < -0.4 is 18.8 Å². The van der Waals surface area contributed by atoms with Crippen LogP contribution in [0.4, 0.5) is 0 Å². The minimum absolute atomic E-state index is 0.0424. The molecule has 8 heteroatoms. The molecule has 1 N–H and O–H groups in total. The normalized spacial score (nSPS) is 23.4. The number of ether oxygens (including phenoxy) is 3.